The molecule has 1 aliphatic rings. The lowest BCUT2D eigenvalue weighted by atomic mass is 9.66. The van der Waals surface area contributed by atoms with Crippen LogP contribution in [0.2, 0.25) is 0 Å². The number of nitrogens with one attached hydrogen (secondary N) is 1. The molecule has 0 spiro atoms. The normalized spacial score (nSPS) is 16.7. The minimum absolute atomic E-state index is 0.0673. The van der Waals surface area contributed by atoms with Gasteiger partial charge < -0.3 is 5.32 Å². The van der Waals surface area contributed by atoms with Gasteiger partial charge in [0.2, 0.25) is 0 Å². The van der Waals surface area contributed by atoms with Crippen molar-refractivity contribution in [3.63, 3.8) is 0 Å². The molecule has 1 aliphatic carbocycles. The fourth-order valence-electron chi connectivity index (χ4n) is 4.75. The Morgan fingerprint density at radius 1 is 0.968 bits per heavy atom. The highest BCUT2D eigenvalue weighted by Gasteiger charge is 2.33. The summed E-state index contributed by atoms with van der Waals surface area (Å²) in [6.07, 6.45) is 12.3. The molecule has 1 N–H and O–H groups in total. The van der Waals surface area contributed by atoms with Crippen molar-refractivity contribution in [3.8, 4) is 0 Å². The van der Waals surface area contributed by atoms with E-state index in [9.17, 15) is 0 Å². The van der Waals surface area contributed by atoms with Crippen molar-refractivity contribution in [2.45, 2.75) is 99.8 Å². The Bertz CT molecular complexity index is 743. The molecule has 0 atom stereocenters. The Morgan fingerprint density at radius 2 is 1.55 bits per heavy atom. The van der Waals surface area contributed by atoms with E-state index in [0.717, 1.165) is 30.7 Å². The molecule has 31 heavy (non-hydrogen) atoms. The van der Waals surface area contributed by atoms with Gasteiger partial charge in [-0.2, -0.15) is 0 Å². The second kappa shape index (κ2) is 11.7. The van der Waals surface area contributed by atoms with Gasteiger partial charge in [0.1, 0.15) is 0 Å². The Labute approximate surface area is 194 Å². The van der Waals surface area contributed by atoms with Crippen molar-refractivity contribution in [1.29, 1.82) is 0 Å². The monoisotopic (exact) mass is 423 g/mol. The molecule has 0 aromatic carbocycles. The van der Waals surface area contributed by atoms with Gasteiger partial charge in [-0.25, -0.2) is 0 Å². The number of rotatable bonds is 12. The molecule has 0 amide bonds. The molecule has 1 rings (SSSR count). The zero-order valence-electron chi connectivity index (χ0n) is 21.8. The van der Waals surface area contributed by atoms with Crippen LogP contribution in [0.3, 0.4) is 0 Å². The Kier molecular flexibility index (Phi) is 10.3. The fraction of sp³-hybridized carbons (Fsp3) is 0.600. The van der Waals surface area contributed by atoms with Crippen molar-refractivity contribution in [1.82, 2.24) is 5.32 Å². The number of hydrogen-bond acceptors (Lipinski definition) is 1. The molecule has 0 saturated heterocycles. The van der Waals surface area contributed by atoms with Crippen LogP contribution in [-0.4, -0.2) is 6.54 Å². The molecule has 0 bridgehead atoms. The Morgan fingerprint density at radius 3 is 2.03 bits per heavy atom. The van der Waals surface area contributed by atoms with Gasteiger partial charge in [-0.05, 0) is 80.9 Å². The molecule has 0 aromatic heterocycles. The maximum atomic E-state index is 4.60. The van der Waals surface area contributed by atoms with E-state index in [4.69, 9.17) is 0 Å². The second-order valence-electron chi connectivity index (χ2n) is 11.0. The topological polar surface area (TPSA) is 12.0 Å². The summed E-state index contributed by atoms with van der Waals surface area (Å²) in [5.41, 5.74) is 8.84. The summed E-state index contributed by atoms with van der Waals surface area (Å²) in [5, 5.41) is 3.51. The van der Waals surface area contributed by atoms with Gasteiger partial charge in [-0.3, -0.25) is 0 Å². The van der Waals surface area contributed by atoms with Crippen LogP contribution in [0.25, 0.3) is 0 Å². The lowest BCUT2D eigenvalue weighted by Crippen LogP contribution is -2.30. The molecule has 0 aliphatic heterocycles. The summed E-state index contributed by atoms with van der Waals surface area (Å²) >= 11 is 0. The molecule has 0 heterocycles. The van der Waals surface area contributed by atoms with Crippen LogP contribution in [0.15, 0.2) is 71.5 Å². The Balaban J connectivity index is 2.96. The third-order valence-electron chi connectivity index (χ3n) is 7.06. The van der Waals surface area contributed by atoms with E-state index < -0.39 is 0 Å². The first-order valence-electron chi connectivity index (χ1n) is 12.1. The lowest BCUT2D eigenvalue weighted by molar-refractivity contribution is 0.179. The summed E-state index contributed by atoms with van der Waals surface area (Å²) < 4.78 is 0. The number of hydrogen-bond donors (Lipinski definition) is 1. The second-order valence-corrected chi connectivity index (χ2v) is 11.0. The van der Waals surface area contributed by atoms with E-state index in [-0.39, 0.29) is 5.41 Å². The highest BCUT2D eigenvalue weighted by molar-refractivity contribution is 5.42. The first-order chi connectivity index (χ1) is 14.3. The van der Waals surface area contributed by atoms with Gasteiger partial charge in [0.15, 0.2) is 0 Å². The standard InChI is InChI=1S/C30H49N/c1-12-30(16-14-13-15-17-30)20-28(26(8)23(4)5)25(7)19-29(10,11)21-31-27(9)24(6)18-22(2)3/h18,31H,4,6-7,9,12-17,19-21H2,1-3,5,8,10-11H3/b28-26+. The molecule has 1 saturated carbocycles. The van der Waals surface area contributed by atoms with Crippen molar-refractivity contribution in [3.05, 3.63) is 71.5 Å². The third-order valence-corrected chi connectivity index (χ3v) is 7.06. The predicted molar refractivity (Wildman–Crippen MR) is 141 cm³/mol. The van der Waals surface area contributed by atoms with E-state index >= 15 is 0 Å². The zero-order chi connectivity index (χ0) is 23.8. The SMILES string of the molecule is C=C(C=C(C)C)C(=C)NCC(C)(C)CC(=C)/C(CC1(CC)CCCCC1)=C(\C)C(=C)C. The molecule has 0 aromatic rings. The molecule has 1 fully saturated rings. The molecular formula is C30H49N. The van der Waals surface area contributed by atoms with Gasteiger partial charge in [0, 0.05) is 12.2 Å². The van der Waals surface area contributed by atoms with Crippen LogP contribution in [0.5, 0.6) is 0 Å². The van der Waals surface area contributed by atoms with Gasteiger partial charge >= 0.3 is 0 Å². The number of allylic oxidation sites excluding steroid dienone is 6. The molecular weight excluding hydrogens is 374 g/mol. The smallest absolute Gasteiger partial charge is 0.0334 e. The largest absolute Gasteiger partial charge is 0.385 e. The summed E-state index contributed by atoms with van der Waals surface area (Å²) in [4.78, 5) is 0. The molecule has 0 unspecified atom stereocenters. The van der Waals surface area contributed by atoms with Crippen LogP contribution in [0.4, 0.5) is 0 Å². The first-order valence-corrected chi connectivity index (χ1v) is 12.1. The van der Waals surface area contributed by atoms with E-state index in [1.807, 2.05) is 0 Å². The van der Waals surface area contributed by atoms with Crippen LogP contribution >= 0.6 is 0 Å². The van der Waals surface area contributed by atoms with Gasteiger partial charge in [0.25, 0.3) is 0 Å². The fourth-order valence-corrected chi connectivity index (χ4v) is 4.75. The van der Waals surface area contributed by atoms with Crippen LogP contribution in [0, 0.1) is 10.8 Å². The minimum atomic E-state index is 0.0673. The molecule has 0 radical (unpaired) electrons. The highest BCUT2D eigenvalue weighted by atomic mass is 14.9. The van der Waals surface area contributed by atoms with Gasteiger partial charge in [-0.1, -0.05) is 95.6 Å². The average molecular weight is 424 g/mol. The average Bonchev–Trinajstić information content (AvgIpc) is 2.69. The Hall–Kier alpha value is -1.76. The van der Waals surface area contributed by atoms with Crippen molar-refractivity contribution in [2.24, 2.45) is 10.8 Å². The van der Waals surface area contributed by atoms with Crippen LogP contribution < -0.4 is 5.32 Å². The van der Waals surface area contributed by atoms with E-state index in [1.54, 1.807) is 0 Å². The maximum Gasteiger partial charge on any atom is 0.0334 e. The zero-order valence-corrected chi connectivity index (χ0v) is 21.8. The summed E-state index contributed by atoms with van der Waals surface area (Å²) in [5.74, 6) is 0. The van der Waals surface area contributed by atoms with Crippen molar-refractivity contribution < 1.29 is 0 Å². The van der Waals surface area contributed by atoms with Gasteiger partial charge in [-0.15, -0.1) is 0 Å². The molecule has 1 heteroatoms. The van der Waals surface area contributed by atoms with E-state index in [1.165, 1.54) is 66.4 Å². The van der Waals surface area contributed by atoms with E-state index in [2.05, 4.69) is 86.2 Å². The maximum absolute atomic E-state index is 4.60. The summed E-state index contributed by atoms with van der Waals surface area (Å²) in [6, 6.07) is 0. The van der Waals surface area contributed by atoms with Crippen molar-refractivity contribution >= 4 is 0 Å². The minimum Gasteiger partial charge on any atom is -0.385 e. The van der Waals surface area contributed by atoms with Crippen molar-refractivity contribution in [2.75, 3.05) is 6.54 Å². The summed E-state index contributed by atoms with van der Waals surface area (Å²) in [6.45, 7) is 33.6. The molecule has 174 valence electrons. The van der Waals surface area contributed by atoms with Crippen LogP contribution in [-0.2, 0) is 0 Å². The lowest BCUT2D eigenvalue weighted by Gasteiger charge is -2.39. The predicted octanol–water partition coefficient (Wildman–Crippen LogP) is 9.23. The summed E-state index contributed by atoms with van der Waals surface area (Å²) in [7, 11) is 0. The quantitative estimate of drug-likeness (QED) is 0.308. The van der Waals surface area contributed by atoms with Gasteiger partial charge in [0.05, 0.1) is 0 Å². The van der Waals surface area contributed by atoms with Crippen LogP contribution in [0.1, 0.15) is 99.8 Å². The van der Waals surface area contributed by atoms with E-state index in [0.29, 0.717) is 5.41 Å². The first kappa shape index (κ1) is 27.3. The third kappa shape index (κ3) is 8.71. The molecule has 1 nitrogen and oxygen atoms in total. The highest BCUT2D eigenvalue weighted by Crippen LogP contribution is 2.47.